The van der Waals surface area contributed by atoms with Crippen LogP contribution in [0.2, 0.25) is 0 Å². The van der Waals surface area contributed by atoms with Gasteiger partial charge in [-0.15, -0.1) is 0 Å². The van der Waals surface area contributed by atoms with E-state index in [9.17, 15) is 10.2 Å². The van der Waals surface area contributed by atoms with Crippen LogP contribution in [0.25, 0.3) is 11.1 Å². The Bertz CT molecular complexity index is 737. The topological polar surface area (TPSA) is 40.5 Å². The van der Waals surface area contributed by atoms with Crippen molar-refractivity contribution in [2.75, 3.05) is 0 Å². The van der Waals surface area contributed by atoms with Gasteiger partial charge in [0.25, 0.3) is 0 Å². The van der Waals surface area contributed by atoms with E-state index in [1.807, 2.05) is 31.2 Å². The monoisotopic (exact) mass is 292 g/mol. The second kappa shape index (κ2) is 6.10. The fraction of sp³-hybridized carbons (Fsp3) is 0.200. The van der Waals surface area contributed by atoms with Crippen molar-refractivity contribution in [2.45, 2.75) is 26.2 Å². The van der Waals surface area contributed by atoms with E-state index in [1.165, 1.54) is 22.3 Å². The van der Waals surface area contributed by atoms with Crippen molar-refractivity contribution in [3.05, 3.63) is 71.3 Å². The molecule has 0 heterocycles. The molecular formula is C20H20O2. The number of aryl methyl sites for hydroxylation is 1. The molecule has 1 aliphatic carbocycles. The van der Waals surface area contributed by atoms with Crippen molar-refractivity contribution in [2.24, 2.45) is 0 Å². The maximum absolute atomic E-state index is 9.75. The lowest BCUT2D eigenvalue weighted by Crippen LogP contribution is -1.91. The summed E-state index contributed by atoms with van der Waals surface area (Å²) < 4.78 is 0. The molecule has 0 amide bonds. The Morgan fingerprint density at radius 1 is 0.909 bits per heavy atom. The highest BCUT2D eigenvalue weighted by molar-refractivity contribution is 5.97. The Balaban J connectivity index is 2.21. The van der Waals surface area contributed by atoms with E-state index in [1.54, 1.807) is 18.2 Å². The second-order valence-electron chi connectivity index (χ2n) is 5.63. The zero-order valence-electron chi connectivity index (χ0n) is 12.7. The fourth-order valence-electron chi connectivity index (χ4n) is 3.12. The second-order valence-corrected chi connectivity index (χ2v) is 5.63. The molecule has 112 valence electrons. The van der Waals surface area contributed by atoms with Crippen molar-refractivity contribution < 1.29 is 10.2 Å². The largest absolute Gasteiger partial charge is 0.508 e. The molecule has 2 heteroatoms. The van der Waals surface area contributed by atoms with Gasteiger partial charge in [0.2, 0.25) is 0 Å². The molecule has 2 aromatic rings. The first-order valence-electron chi connectivity index (χ1n) is 7.66. The van der Waals surface area contributed by atoms with Gasteiger partial charge >= 0.3 is 0 Å². The Morgan fingerprint density at radius 2 is 1.64 bits per heavy atom. The SMILES string of the molecule is CC=CC1=C(c2ccc(O)cc2)CCCc2cc(O)ccc21. The molecule has 22 heavy (non-hydrogen) atoms. The van der Waals surface area contributed by atoms with E-state index in [0.29, 0.717) is 5.75 Å². The predicted octanol–water partition coefficient (Wildman–Crippen LogP) is 4.92. The summed E-state index contributed by atoms with van der Waals surface area (Å²) in [7, 11) is 0. The van der Waals surface area contributed by atoms with Gasteiger partial charge in [0, 0.05) is 0 Å². The molecule has 2 nitrogen and oxygen atoms in total. The third-order valence-corrected chi connectivity index (χ3v) is 4.13. The van der Waals surface area contributed by atoms with Crippen LogP contribution < -0.4 is 0 Å². The normalized spacial score (nSPS) is 15.0. The van der Waals surface area contributed by atoms with E-state index in [4.69, 9.17) is 0 Å². The summed E-state index contributed by atoms with van der Waals surface area (Å²) in [5, 5.41) is 19.3. The van der Waals surface area contributed by atoms with Gasteiger partial charge in [0.1, 0.15) is 11.5 Å². The molecule has 0 radical (unpaired) electrons. The van der Waals surface area contributed by atoms with Crippen LogP contribution in [0.15, 0.2) is 54.6 Å². The summed E-state index contributed by atoms with van der Waals surface area (Å²) in [4.78, 5) is 0. The van der Waals surface area contributed by atoms with Gasteiger partial charge in [-0.25, -0.2) is 0 Å². The first-order valence-corrected chi connectivity index (χ1v) is 7.66. The number of hydrogen-bond acceptors (Lipinski definition) is 2. The molecular weight excluding hydrogens is 272 g/mol. The van der Waals surface area contributed by atoms with Crippen LogP contribution in [0.3, 0.4) is 0 Å². The Morgan fingerprint density at radius 3 is 2.36 bits per heavy atom. The highest BCUT2D eigenvalue weighted by Gasteiger charge is 2.17. The lowest BCUT2D eigenvalue weighted by atomic mass is 9.92. The average molecular weight is 292 g/mol. The number of hydrogen-bond donors (Lipinski definition) is 2. The first-order chi connectivity index (χ1) is 10.7. The highest BCUT2D eigenvalue weighted by atomic mass is 16.3. The Kier molecular flexibility index (Phi) is 4.01. The van der Waals surface area contributed by atoms with E-state index in [-0.39, 0.29) is 5.75 Å². The minimum absolute atomic E-state index is 0.288. The van der Waals surface area contributed by atoms with Crippen molar-refractivity contribution in [1.29, 1.82) is 0 Å². The van der Waals surface area contributed by atoms with Gasteiger partial charge in [-0.05, 0) is 78.3 Å². The average Bonchev–Trinajstić information content (AvgIpc) is 2.68. The minimum Gasteiger partial charge on any atom is -0.508 e. The molecule has 0 saturated heterocycles. The standard InChI is InChI=1S/C20H20O2/c1-2-4-20-18(14-7-9-16(21)10-8-14)6-3-5-15-13-17(22)11-12-19(15)20/h2,4,7-13,21-22H,3,5-6H2,1H3. The third kappa shape index (κ3) is 2.77. The van der Waals surface area contributed by atoms with Crippen molar-refractivity contribution in [3.8, 4) is 11.5 Å². The van der Waals surface area contributed by atoms with Gasteiger partial charge in [-0.2, -0.15) is 0 Å². The van der Waals surface area contributed by atoms with Crippen LogP contribution in [0, 0.1) is 0 Å². The van der Waals surface area contributed by atoms with Crippen LogP contribution >= 0.6 is 0 Å². The zero-order valence-corrected chi connectivity index (χ0v) is 12.7. The molecule has 0 unspecified atom stereocenters. The highest BCUT2D eigenvalue weighted by Crippen LogP contribution is 2.38. The van der Waals surface area contributed by atoms with Crippen LogP contribution in [0.1, 0.15) is 36.5 Å². The Labute approximate surface area is 131 Å². The Hall–Kier alpha value is -2.48. The summed E-state index contributed by atoms with van der Waals surface area (Å²) in [5.41, 5.74) is 6.04. The lowest BCUT2D eigenvalue weighted by Gasteiger charge is -2.13. The number of rotatable bonds is 2. The van der Waals surface area contributed by atoms with E-state index in [0.717, 1.165) is 24.8 Å². The summed E-state index contributed by atoms with van der Waals surface area (Å²) >= 11 is 0. The maximum Gasteiger partial charge on any atom is 0.115 e. The molecule has 1 aliphatic rings. The van der Waals surface area contributed by atoms with E-state index in [2.05, 4.69) is 12.2 Å². The zero-order chi connectivity index (χ0) is 15.5. The van der Waals surface area contributed by atoms with Gasteiger partial charge in [0.05, 0.1) is 0 Å². The number of fused-ring (bicyclic) bond motifs is 1. The van der Waals surface area contributed by atoms with Crippen LogP contribution in [0.5, 0.6) is 11.5 Å². The minimum atomic E-state index is 0.288. The number of phenolic OH excluding ortho intramolecular Hbond substituents is 2. The van der Waals surface area contributed by atoms with Crippen LogP contribution in [-0.2, 0) is 6.42 Å². The molecule has 0 saturated carbocycles. The molecule has 3 rings (SSSR count). The first kappa shape index (κ1) is 14.5. The number of aromatic hydroxyl groups is 2. The van der Waals surface area contributed by atoms with E-state index < -0.39 is 0 Å². The van der Waals surface area contributed by atoms with Gasteiger partial charge < -0.3 is 10.2 Å². The molecule has 0 aliphatic heterocycles. The molecule has 0 aromatic heterocycles. The molecule has 2 aromatic carbocycles. The molecule has 0 bridgehead atoms. The summed E-state index contributed by atoms with van der Waals surface area (Å²) in [5.74, 6) is 0.613. The molecule has 2 N–H and O–H groups in total. The number of benzene rings is 2. The molecule has 0 fully saturated rings. The number of allylic oxidation sites excluding steroid dienone is 4. The van der Waals surface area contributed by atoms with Gasteiger partial charge in [-0.3, -0.25) is 0 Å². The summed E-state index contributed by atoms with van der Waals surface area (Å²) in [6.45, 7) is 2.02. The van der Waals surface area contributed by atoms with Crippen molar-refractivity contribution >= 4 is 11.1 Å². The van der Waals surface area contributed by atoms with Gasteiger partial charge in [-0.1, -0.05) is 30.4 Å². The quantitative estimate of drug-likeness (QED) is 0.824. The van der Waals surface area contributed by atoms with Crippen LogP contribution in [-0.4, -0.2) is 10.2 Å². The van der Waals surface area contributed by atoms with Crippen molar-refractivity contribution in [3.63, 3.8) is 0 Å². The molecule has 0 atom stereocenters. The third-order valence-electron chi connectivity index (χ3n) is 4.13. The van der Waals surface area contributed by atoms with E-state index >= 15 is 0 Å². The lowest BCUT2D eigenvalue weighted by molar-refractivity contribution is 0.474. The van der Waals surface area contributed by atoms with Crippen molar-refractivity contribution in [1.82, 2.24) is 0 Å². The van der Waals surface area contributed by atoms with Crippen LogP contribution in [0.4, 0.5) is 0 Å². The number of phenols is 2. The fourth-order valence-corrected chi connectivity index (χ4v) is 3.12. The smallest absolute Gasteiger partial charge is 0.115 e. The van der Waals surface area contributed by atoms with Gasteiger partial charge in [0.15, 0.2) is 0 Å². The molecule has 0 spiro atoms. The summed E-state index contributed by atoms with van der Waals surface area (Å²) in [6, 6.07) is 13.0. The summed E-state index contributed by atoms with van der Waals surface area (Å²) in [6.07, 6.45) is 7.20. The predicted molar refractivity (Wildman–Crippen MR) is 90.8 cm³/mol. The maximum atomic E-state index is 9.75.